The maximum Gasteiger partial charge on any atom is 0.243 e. The van der Waals surface area contributed by atoms with Crippen LogP contribution in [0.25, 0.3) is 0 Å². The average Bonchev–Trinajstić information content (AvgIpc) is 2.96. The molecule has 0 aliphatic rings. The van der Waals surface area contributed by atoms with E-state index in [4.69, 9.17) is 27.9 Å². The third-order valence-corrected chi connectivity index (χ3v) is 8.40. The highest BCUT2D eigenvalue weighted by Crippen LogP contribution is 2.30. The van der Waals surface area contributed by atoms with E-state index in [1.807, 2.05) is 49.4 Å². The van der Waals surface area contributed by atoms with E-state index in [0.29, 0.717) is 29.4 Å². The number of rotatable bonds is 15. The van der Waals surface area contributed by atoms with Gasteiger partial charge < -0.3 is 15.0 Å². The van der Waals surface area contributed by atoms with Gasteiger partial charge in [0.05, 0.1) is 24.1 Å². The summed E-state index contributed by atoms with van der Waals surface area (Å²) in [5, 5.41) is 3.79. The van der Waals surface area contributed by atoms with Crippen molar-refractivity contribution >= 4 is 50.7 Å². The van der Waals surface area contributed by atoms with Crippen molar-refractivity contribution in [1.82, 2.24) is 10.2 Å². The van der Waals surface area contributed by atoms with Crippen LogP contribution in [0.4, 0.5) is 5.69 Å². The van der Waals surface area contributed by atoms with Gasteiger partial charge in [-0.2, -0.15) is 0 Å². The molecule has 42 heavy (non-hydrogen) atoms. The molecule has 0 heterocycles. The minimum atomic E-state index is -3.67. The van der Waals surface area contributed by atoms with Crippen molar-refractivity contribution in [3.63, 3.8) is 0 Å². The molecule has 0 spiro atoms. The highest BCUT2D eigenvalue weighted by atomic mass is 35.5. The highest BCUT2D eigenvalue weighted by molar-refractivity contribution is 7.92. The van der Waals surface area contributed by atoms with Crippen LogP contribution in [0, 0.1) is 0 Å². The van der Waals surface area contributed by atoms with Crippen LogP contribution in [-0.4, -0.2) is 57.6 Å². The standard InChI is InChI=1S/C31H37Cl2N3O5S/c1-4-18-34-31(38)28(20-23-9-6-5-7-10-23)35(22-24-12-14-25(32)15-13-24)30(37)11-8-19-36(42(3,39)40)26-16-17-29(41-2)27(33)21-26/h5-7,9-10,12-17,21,28H,4,8,11,18-20,22H2,1-3H3,(H,34,38). The first kappa shape index (κ1) is 33.2. The van der Waals surface area contributed by atoms with Crippen molar-refractivity contribution in [1.29, 1.82) is 0 Å². The Bertz CT molecular complexity index is 1440. The Morgan fingerprint density at radius 2 is 1.67 bits per heavy atom. The number of carbonyl (C=O) groups is 2. The van der Waals surface area contributed by atoms with Crippen molar-refractivity contribution in [3.05, 3.63) is 94.0 Å². The molecule has 0 fully saturated rings. The van der Waals surface area contributed by atoms with Gasteiger partial charge in [-0.25, -0.2) is 8.42 Å². The number of nitrogens with one attached hydrogen (secondary N) is 1. The largest absolute Gasteiger partial charge is 0.495 e. The molecular weight excluding hydrogens is 597 g/mol. The molecule has 8 nitrogen and oxygen atoms in total. The van der Waals surface area contributed by atoms with E-state index < -0.39 is 16.1 Å². The monoisotopic (exact) mass is 633 g/mol. The molecule has 0 aliphatic heterocycles. The van der Waals surface area contributed by atoms with Crippen molar-refractivity contribution in [2.75, 3.05) is 30.8 Å². The summed E-state index contributed by atoms with van der Waals surface area (Å²) in [7, 11) is -2.20. The third-order valence-electron chi connectivity index (χ3n) is 6.66. The lowest BCUT2D eigenvalue weighted by molar-refractivity contribution is -0.141. The topological polar surface area (TPSA) is 96.0 Å². The first-order valence-electron chi connectivity index (χ1n) is 13.7. The Morgan fingerprint density at radius 1 is 0.976 bits per heavy atom. The van der Waals surface area contributed by atoms with Gasteiger partial charge in [0, 0.05) is 37.5 Å². The van der Waals surface area contributed by atoms with Crippen LogP contribution in [0.3, 0.4) is 0 Å². The van der Waals surface area contributed by atoms with Crippen molar-refractivity contribution < 1.29 is 22.7 Å². The first-order valence-corrected chi connectivity index (χ1v) is 16.3. The Labute approximate surface area is 258 Å². The van der Waals surface area contributed by atoms with Gasteiger partial charge in [-0.3, -0.25) is 13.9 Å². The second-order valence-corrected chi connectivity index (χ2v) is 12.7. The summed E-state index contributed by atoms with van der Waals surface area (Å²) in [6, 6.07) is 20.6. The minimum Gasteiger partial charge on any atom is -0.495 e. The lowest BCUT2D eigenvalue weighted by atomic mass is 10.0. The summed E-state index contributed by atoms with van der Waals surface area (Å²) in [5.74, 6) is -0.0832. The average molecular weight is 635 g/mol. The predicted molar refractivity (Wildman–Crippen MR) is 169 cm³/mol. The Morgan fingerprint density at radius 3 is 2.26 bits per heavy atom. The van der Waals surface area contributed by atoms with E-state index >= 15 is 0 Å². The van der Waals surface area contributed by atoms with E-state index in [-0.39, 0.29) is 42.8 Å². The second-order valence-electron chi connectivity index (χ2n) is 9.90. The van der Waals surface area contributed by atoms with E-state index in [1.54, 1.807) is 29.2 Å². The molecule has 0 aliphatic carbocycles. The summed E-state index contributed by atoms with van der Waals surface area (Å²) < 4.78 is 31.7. The number of carbonyl (C=O) groups excluding carboxylic acids is 2. The molecule has 1 atom stereocenters. The van der Waals surface area contributed by atoms with Crippen LogP contribution in [0.15, 0.2) is 72.8 Å². The fourth-order valence-electron chi connectivity index (χ4n) is 4.52. The van der Waals surface area contributed by atoms with Crippen molar-refractivity contribution in [3.8, 4) is 5.75 Å². The number of ether oxygens (including phenoxy) is 1. The summed E-state index contributed by atoms with van der Waals surface area (Å²) >= 11 is 12.3. The molecule has 226 valence electrons. The van der Waals surface area contributed by atoms with Crippen LogP contribution in [0.1, 0.15) is 37.3 Å². The van der Waals surface area contributed by atoms with E-state index in [1.165, 1.54) is 17.5 Å². The maximum atomic E-state index is 13.8. The van der Waals surface area contributed by atoms with E-state index in [2.05, 4.69) is 5.32 Å². The number of hydrogen-bond acceptors (Lipinski definition) is 5. The lowest BCUT2D eigenvalue weighted by Crippen LogP contribution is -2.50. The smallest absolute Gasteiger partial charge is 0.243 e. The molecule has 0 saturated heterocycles. The molecule has 1 N–H and O–H groups in total. The SMILES string of the molecule is CCCNC(=O)C(Cc1ccccc1)N(Cc1ccc(Cl)cc1)C(=O)CCCN(c1ccc(OC)c(Cl)c1)S(C)(=O)=O. The highest BCUT2D eigenvalue weighted by Gasteiger charge is 2.30. The van der Waals surface area contributed by atoms with Crippen LogP contribution >= 0.6 is 23.2 Å². The summed E-state index contributed by atoms with van der Waals surface area (Å²) in [6.07, 6.45) is 2.44. The predicted octanol–water partition coefficient (Wildman–Crippen LogP) is 5.71. The van der Waals surface area contributed by atoms with Gasteiger partial charge in [-0.1, -0.05) is 72.6 Å². The van der Waals surface area contributed by atoms with Gasteiger partial charge in [0.25, 0.3) is 0 Å². The molecule has 3 rings (SSSR count). The summed E-state index contributed by atoms with van der Waals surface area (Å²) in [4.78, 5) is 28.9. The maximum absolute atomic E-state index is 13.8. The quantitative estimate of drug-likeness (QED) is 0.231. The fourth-order valence-corrected chi connectivity index (χ4v) is 5.86. The molecule has 0 aromatic heterocycles. The molecule has 0 bridgehead atoms. The molecule has 11 heteroatoms. The van der Waals surface area contributed by atoms with Crippen LogP contribution in [0.2, 0.25) is 10.0 Å². The number of hydrogen-bond donors (Lipinski definition) is 1. The minimum absolute atomic E-state index is 0.0237. The summed E-state index contributed by atoms with van der Waals surface area (Å²) in [5.41, 5.74) is 2.11. The van der Waals surface area contributed by atoms with Gasteiger partial charge in [0.2, 0.25) is 21.8 Å². The Hall–Kier alpha value is -3.27. The molecule has 3 aromatic carbocycles. The molecular formula is C31H37Cl2N3O5S. The van der Waals surface area contributed by atoms with Gasteiger partial charge >= 0.3 is 0 Å². The number of nitrogens with zero attached hydrogens (tertiary/aromatic N) is 2. The zero-order valence-corrected chi connectivity index (χ0v) is 26.4. The van der Waals surface area contributed by atoms with E-state index in [0.717, 1.165) is 23.8 Å². The number of sulfonamides is 1. The van der Waals surface area contributed by atoms with Gasteiger partial charge in [-0.05, 0) is 54.3 Å². The Kier molecular flexibility index (Phi) is 12.5. The number of halogens is 2. The fraction of sp³-hybridized carbons (Fsp3) is 0.355. The lowest BCUT2D eigenvalue weighted by Gasteiger charge is -2.32. The number of methoxy groups -OCH3 is 1. The normalized spacial score (nSPS) is 11.9. The number of amides is 2. The zero-order chi connectivity index (χ0) is 30.7. The molecule has 0 saturated carbocycles. The van der Waals surface area contributed by atoms with Gasteiger partial charge in [0.1, 0.15) is 11.8 Å². The molecule has 3 aromatic rings. The second kappa shape index (κ2) is 15.8. The Balaban J connectivity index is 1.87. The van der Waals surface area contributed by atoms with Crippen molar-refractivity contribution in [2.45, 2.75) is 45.2 Å². The molecule has 2 amide bonds. The number of benzene rings is 3. The van der Waals surface area contributed by atoms with Crippen LogP contribution < -0.4 is 14.4 Å². The molecule has 1 unspecified atom stereocenters. The summed E-state index contributed by atoms with van der Waals surface area (Å²) in [6.45, 7) is 2.69. The van der Waals surface area contributed by atoms with Gasteiger partial charge in [0.15, 0.2) is 0 Å². The molecule has 0 radical (unpaired) electrons. The number of anilines is 1. The van der Waals surface area contributed by atoms with Gasteiger partial charge in [-0.15, -0.1) is 0 Å². The van der Waals surface area contributed by atoms with Crippen LogP contribution in [-0.2, 0) is 32.6 Å². The third kappa shape index (κ3) is 9.64. The van der Waals surface area contributed by atoms with Crippen LogP contribution in [0.5, 0.6) is 5.75 Å². The van der Waals surface area contributed by atoms with Crippen molar-refractivity contribution in [2.24, 2.45) is 0 Å². The zero-order valence-electron chi connectivity index (χ0n) is 24.1. The van der Waals surface area contributed by atoms with E-state index in [9.17, 15) is 18.0 Å². The first-order chi connectivity index (χ1) is 20.0.